The Kier molecular flexibility index (Phi) is 3.66. The van der Waals surface area contributed by atoms with E-state index >= 15 is 0 Å². The number of hydrogen-bond donors (Lipinski definition) is 1. The van der Waals surface area contributed by atoms with E-state index in [2.05, 4.69) is 22.0 Å². The van der Waals surface area contributed by atoms with Gasteiger partial charge in [-0.1, -0.05) is 31.0 Å². The highest BCUT2D eigenvalue weighted by atomic mass is 16.5. The Hall–Kier alpha value is -2.49. The van der Waals surface area contributed by atoms with Crippen LogP contribution in [0.5, 0.6) is 5.75 Å². The van der Waals surface area contributed by atoms with E-state index in [9.17, 15) is 0 Å². The maximum absolute atomic E-state index is 5.54. The molecule has 0 aliphatic heterocycles. The van der Waals surface area contributed by atoms with Gasteiger partial charge in [-0.15, -0.1) is 0 Å². The van der Waals surface area contributed by atoms with Crippen molar-refractivity contribution in [3.05, 3.63) is 48.7 Å². The molecule has 1 N–H and O–H groups in total. The van der Waals surface area contributed by atoms with Crippen LogP contribution in [-0.4, -0.2) is 22.5 Å². The molecule has 0 amide bonds. The number of rotatable bonds is 4. The fourth-order valence-electron chi connectivity index (χ4n) is 3.43. The van der Waals surface area contributed by atoms with Gasteiger partial charge in [0, 0.05) is 17.8 Å². The normalized spacial score (nSPS) is 15.2. The van der Waals surface area contributed by atoms with Crippen LogP contribution in [0.25, 0.3) is 16.9 Å². The average Bonchev–Trinajstić information content (AvgIpc) is 3.23. The number of anilines is 1. The zero-order chi connectivity index (χ0) is 15.6. The lowest BCUT2D eigenvalue weighted by Gasteiger charge is -2.15. The van der Waals surface area contributed by atoms with Crippen molar-refractivity contribution in [3.8, 4) is 17.0 Å². The number of imidazole rings is 1. The number of para-hydroxylation sites is 1. The molecule has 118 valence electrons. The summed E-state index contributed by atoms with van der Waals surface area (Å²) in [6.07, 6.45) is 7.13. The van der Waals surface area contributed by atoms with Crippen LogP contribution >= 0.6 is 0 Å². The van der Waals surface area contributed by atoms with Crippen molar-refractivity contribution in [3.63, 3.8) is 0 Å². The summed E-state index contributed by atoms with van der Waals surface area (Å²) in [6.45, 7) is 0. The Morgan fingerprint density at radius 3 is 2.70 bits per heavy atom. The topological polar surface area (TPSA) is 38.6 Å². The number of nitrogens with one attached hydrogen (secondary N) is 1. The van der Waals surface area contributed by atoms with Crippen LogP contribution in [0, 0.1) is 0 Å². The zero-order valence-corrected chi connectivity index (χ0v) is 13.3. The number of methoxy groups -OCH3 is 1. The third-order valence-electron chi connectivity index (χ3n) is 4.59. The Morgan fingerprint density at radius 2 is 1.87 bits per heavy atom. The van der Waals surface area contributed by atoms with Crippen molar-refractivity contribution in [1.82, 2.24) is 9.38 Å². The van der Waals surface area contributed by atoms with E-state index in [-0.39, 0.29) is 0 Å². The molecule has 1 saturated carbocycles. The molecule has 0 saturated heterocycles. The van der Waals surface area contributed by atoms with Gasteiger partial charge in [-0.3, -0.25) is 4.40 Å². The first-order valence-electron chi connectivity index (χ1n) is 8.24. The van der Waals surface area contributed by atoms with E-state index in [1.165, 1.54) is 25.7 Å². The Labute approximate surface area is 136 Å². The monoisotopic (exact) mass is 307 g/mol. The van der Waals surface area contributed by atoms with Crippen LogP contribution in [0.1, 0.15) is 25.7 Å². The summed E-state index contributed by atoms with van der Waals surface area (Å²) in [4.78, 5) is 4.85. The van der Waals surface area contributed by atoms with Gasteiger partial charge in [-0.2, -0.15) is 0 Å². The molecule has 0 unspecified atom stereocenters. The second-order valence-corrected chi connectivity index (χ2v) is 6.06. The predicted octanol–water partition coefficient (Wildman–Crippen LogP) is 4.36. The largest absolute Gasteiger partial charge is 0.496 e. The summed E-state index contributed by atoms with van der Waals surface area (Å²) >= 11 is 0. The van der Waals surface area contributed by atoms with E-state index in [0.717, 1.165) is 28.5 Å². The maximum Gasteiger partial charge on any atom is 0.139 e. The van der Waals surface area contributed by atoms with Gasteiger partial charge in [-0.05, 0) is 37.1 Å². The van der Waals surface area contributed by atoms with Crippen LogP contribution in [-0.2, 0) is 0 Å². The minimum absolute atomic E-state index is 0.531. The fraction of sp³-hybridized carbons (Fsp3) is 0.316. The van der Waals surface area contributed by atoms with Gasteiger partial charge in [-0.25, -0.2) is 4.98 Å². The van der Waals surface area contributed by atoms with Crippen LogP contribution in [0.15, 0.2) is 48.7 Å². The SMILES string of the molecule is COc1ccccc1-c1nc2ccccn2c1NC1CCCC1. The molecular weight excluding hydrogens is 286 g/mol. The van der Waals surface area contributed by atoms with Gasteiger partial charge >= 0.3 is 0 Å². The van der Waals surface area contributed by atoms with Gasteiger partial charge in [0.05, 0.1) is 7.11 Å². The first-order chi connectivity index (χ1) is 11.4. The molecule has 4 rings (SSSR count). The van der Waals surface area contributed by atoms with Crippen molar-refractivity contribution in [2.75, 3.05) is 12.4 Å². The number of pyridine rings is 1. The molecular formula is C19H21N3O. The lowest BCUT2D eigenvalue weighted by atomic mass is 10.1. The lowest BCUT2D eigenvalue weighted by Crippen LogP contribution is -2.16. The highest BCUT2D eigenvalue weighted by Gasteiger charge is 2.21. The smallest absolute Gasteiger partial charge is 0.139 e. The minimum atomic E-state index is 0.531. The number of hydrogen-bond acceptors (Lipinski definition) is 3. The molecule has 0 bridgehead atoms. The average molecular weight is 307 g/mol. The first kappa shape index (κ1) is 14.1. The molecule has 2 heterocycles. The highest BCUT2D eigenvalue weighted by Crippen LogP contribution is 2.36. The maximum atomic E-state index is 5.54. The minimum Gasteiger partial charge on any atom is -0.496 e. The molecule has 0 spiro atoms. The molecule has 4 nitrogen and oxygen atoms in total. The van der Waals surface area contributed by atoms with E-state index < -0.39 is 0 Å². The summed E-state index contributed by atoms with van der Waals surface area (Å²) < 4.78 is 7.68. The van der Waals surface area contributed by atoms with E-state index in [0.29, 0.717) is 6.04 Å². The number of fused-ring (bicyclic) bond motifs is 1. The van der Waals surface area contributed by atoms with E-state index in [1.54, 1.807) is 7.11 Å². The van der Waals surface area contributed by atoms with Crippen LogP contribution in [0.4, 0.5) is 5.82 Å². The van der Waals surface area contributed by atoms with Crippen LogP contribution < -0.4 is 10.1 Å². The number of ether oxygens (including phenoxy) is 1. The number of benzene rings is 1. The van der Waals surface area contributed by atoms with Gasteiger partial charge in [0.15, 0.2) is 0 Å². The number of nitrogens with zero attached hydrogens (tertiary/aromatic N) is 2. The van der Waals surface area contributed by atoms with Crippen molar-refractivity contribution in [1.29, 1.82) is 0 Å². The van der Waals surface area contributed by atoms with Gasteiger partial charge in [0.1, 0.15) is 22.9 Å². The summed E-state index contributed by atoms with van der Waals surface area (Å²) in [7, 11) is 1.71. The second-order valence-electron chi connectivity index (χ2n) is 6.06. The summed E-state index contributed by atoms with van der Waals surface area (Å²) in [5.74, 6) is 1.92. The zero-order valence-electron chi connectivity index (χ0n) is 13.3. The molecule has 2 aromatic heterocycles. The Bertz CT molecular complexity index is 818. The summed E-state index contributed by atoms with van der Waals surface area (Å²) in [6, 6.07) is 14.7. The molecule has 1 aliphatic rings. The third-order valence-corrected chi connectivity index (χ3v) is 4.59. The van der Waals surface area contributed by atoms with Gasteiger partial charge in [0.2, 0.25) is 0 Å². The number of aromatic nitrogens is 2. The van der Waals surface area contributed by atoms with Crippen LogP contribution in [0.2, 0.25) is 0 Å². The fourth-order valence-corrected chi connectivity index (χ4v) is 3.43. The lowest BCUT2D eigenvalue weighted by molar-refractivity contribution is 0.416. The van der Waals surface area contributed by atoms with Crippen molar-refractivity contribution in [2.45, 2.75) is 31.7 Å². The molecule has 0 radical (unpaired) electrons. The second kappa shape index (κ2) is 5.95. The quantitative estimate of drug-likeness (QED) is 0.778. The molecule has 23 heavy (non-hydrogen) atoms. The molecule has 4 heteroatoms. The highest BCUT2D eigenvalue weighted by molar-refractivity contribution is 5.80. The Balaban J connectivity index is 1.87. The van der Waals surface area contributed by atoms with Crippen molar-refractivity contribution >= 4 is 11.5 Å². The van der Waals surface area contributed by atoms with Crippen LogP contribution in [0.3, 0.4) is 0 Å². The molecule has 3 aromatic rings. The summed E-state index contributed by atoms with van der Waals surface area (Å²) in [5, 5.41) is 3.73. The van der Waals surface area contributed by atoms with E-state index in [4.69, 9.17) is 9.72 Å². The first-order valence-corrected chi connectivity index (χ1v) is 8.24. The predicted molar refractivity (Wildman–Crippen MR) is 93.1 cm³/mol. The third kappa shape index (κ3) is 2.54. The van der Waals surface area contributed by atoms with E-state index in [1.807, 2.05) is 36.4 Å². The molecule has 1 aromatic carbocycles. The summed E-state index contributed by atoms with van der Waals surface area (Å²) in [5.41, 5.74) is 2.94. The van der Waals surface area contributed by atoms with Crippen molar-refractivity contribution in [2.24, 2.45) is 0 Å². The molecule has 1 fully saturated rings. The molecule has 0 atom stereocenters. The Morgan fingerprint density at radius 1 is 1.09 bits per heavy atom. The van der Waals surface area contributed by atoms with Gasteiger partial charge < -0.3 is 10.1 Å². The standard InChI is InChI=1S/C19H21N3O/c1-23-16-11-5-4-10-15(16)18-19(20-14-8-2-3-9-14)22-13-7-6-12-17(22)21-18/h4-7,10-14,20H,2-3,8-9H2,1H3. The molecule has 1 aliphatic carbocycles. The van der Waals surface area contributed by atoms with Gasteiger partial charge in [0.25, 0.3) is 0 Å². The van der Waals surface area contributed by atoms with Crippen molar-refractivity contribution < 1.29 is 4.74 Å².